The van der Waals surface area contributed by atoms with Gasteiger partial charge in [-0.1, -0.05) is 11.6 Å². The zero-order valence-electron chi connectivity index (χ0n) is 10.4. The standard InChI is InChI=1S/C12H17ClN2OS.ClH/c1-8(14)5-6-15-12(16)10-7-9(17-2)3-4-11(10)13;/h3-4,7-8H,5-6,14H2,1-2H3,(H,15,16);1H. The first-order valence-corrected chi connectivity index (χ1v) is 7.02. The molecule has 1 aromatic rings. The van der Waals surface area contributed by atoms with Gasteiger partial charge in [0.2, 0.25) is 0 Å². The summed E-state index contributed by atoms with van der Waals surface area (Å²) in [7, 11) is 0. The van der Waals surface area contributed by atoms with Crippen molar-refractivity contribution in [2.75, 3.05) is 12.8 Å². The van der Waals surface area contributed by atoms with Crippen molar-refractivity contribution in [1.29, 1.82) is 0 Å². The van der Waals surface area contributed by atoms with Crippen molar-refractivity contribution < 1.29 is 4.79 Å². The van der Waals surface area contributed by atoms with Crippen molar-refractivity contribution in [2.24, 2.45) is 5.73 Å². The highest BCUT2D eigenvalue weighted by Gasteiger charge is 2.10. The highest BCUT2D eigenvalue weighted by atomic mass is 35.5. The van der Waals surface area contributed by atoms with Crippen LogP contribution >= 0.6 is 35.8 Å². The van der Waals surface area contributed by atoms with E-state index in [2.05, 4.69) is 5.32 Å². The Morgan fingerprint density at radius 3 is 2.78 bits per heavy atom. The SMILES string of the molecule is CSc1ccc(Cl)c(C(=O)NCCC(C)N)c1.Cl. The van der Waals surface area contributed by atoms with E-state index in [-0.39, 0.29) is 24.4 Å². The summed E-state index contributed by atoms with van der Waals surface area (Å²) in [5.74, 6) is -0.147. The monoisotopic (exact) mass is 308 g/mol. The molecule has 0 saturated carbocycles. The van der Waals surface area contributed by atoms with E-state index in [0.29, 0.717) is 17.1 Å². The van der Waals surface area contributed by atoms with Crippen LogP contribution < -0.4 is 11.1 Å². The molecule has 0 aliphatic carbocycles. The van der Waals surface area contributed by atoms with E-state index in [0.717, 1.165) is 11.3 Å². The van der Waals surface area contributed by atoms with Crippen molar-refractivity contribution in [3.63, 3.8) is 0 Å². The summed E-state index contributed by atoms with van der Waals surface area (Å²) >= 11 is 7.57. The third-order valence-electron chi connectivity index (χ3n) is 2.30. The molecule has 0 bridgehead atoms. The van der Waals surface area contributed by atoms with Gasteiger partial charge in [-0.3, -0.25) is 4.79 Å². The van der Waals surface area contributed by atoms with Gasteiger partial charge in [0.05, 0.1) is 10.6 Å². The van der Waals surface area contributed by atoms with Crippen LogP contribution in [-0.4, -0.2) is 24.7 Å². The summed E-state index contributed by atoms with van der Waals surface area (Å²) in [6, 6.07) is 5.52. The first-order chi connectivity index (χ1) is 8.04. The minimum atomic E-state index is -0.147. The van der Waals surface area contributed by atoms with Gasteiger partial charge in [0.25, 0.3) is 5.91 Å². The summed E-state index contributed by atoms with van der Waals surface area (Å²) in [6.45, 7) is 2.48. The summed E-state index contributed by atoms with van der Waals surface area (Å²) in [4.78, 5) is 12.9. The maximum absolute atomic E-state index is 11.9. The third-order valence-corrected chi connectivity index (χ3v) is 3.36. The predicted molar refractivity (Wildman–Crippen MR) is 81.1 cm³/mol. The van der Waals surface area contributed by atoms with Gasteiger partial charge in [-0.15, -0.1) is 24.2 Å². The van der Waals surface area contributed by atoms with E-state index in [4.69, 9.17) is 17.3 Å². The van der Waals surface area contributed by atoms with Gasteiger partial charge >= 0.3 is 0 Å². The topological polar surface area (TPSA) is 55.1 Å². The fourth-order valence-electron chi connectivity index (χ4n) is 1.31. The van der Waals surface area contributed by atoms with E-state index in [9.17, 15) is 4.79 Å². The van der Waals surface area contributed by atoms with Crippen LogP contribution in [0.25, 0.3) is 0 Å². The van der Waals surface area contributed by atoms with Crippen LogP contribution in [-0.2, 0) is 0 Å². The van der Waals surface area contributed by atoms with Crippen LogP contribution in [0.5, 0.6) is 0 Å². The molecule has 3 N–H and O–H groups in total. The number of benzene rings is 1. The maximum atomic E-state index is 11.9. The summed E-state index contributed by atoms with van der Waals surface area (Å²) in [6.07, 6.45) is 2.71. The molecule has 102 valence electrons. The molecule has 1 atom stereocenters. The van der Waals surface area contributed by atoms with Crippen molar-refractivity contribution in [3.05, 3.63) is 28.8 Å². The molecule has 1 rings (SSSR count). The maximum Gasteiger partial charge on any atom is 0.252 e. The van der Waals surface area contributed by atoms with Crippen molar-refractivity contribution in [3.8, 4) is 0 Å². The van der Waals surface area contributed by atoms with Gasteiger partial charge in [0.1, 0.15) is 0 Å². The molecule has 1 aromatic carbocycles. The number of amides is 1. The Morgan fingerprint density at radius 2 is 2.22 bits per heavy atom. The van der Waals surface area contributed by atoms with Crippen LogP contribution in [0.15, 0.2) is 23.1 Å². The molecular formula is C12H18Cl2N2OS. The number of nitrogens with two attached hydrogens (primary N) is 1. The largest absolute Gasteiger partial charge is 0.352 e. The average molecular weight is 309 g/mol. The zero-order chi connectivity index (χ0) is 12.8. The minimum absolute atomic E-state index is 0. The number of halogens is 2. The van der Waals surface area contributed by atoms with Gasteiger partial charge < -0.3 is 11.1 Å². The smallest absolute Gasteiger partial charge is 0.252 e. The Kier molecular flexibility index (Phi) is 8.44. The fourth-order valence-corrected chi connectivity index (χ4v) is 1.96. The summed E-state index contributed by atoms with van der Waals surface area (Å²) in [5, 5.41) is 3.28. The molecule has 0 aliphatic heterocycles. The quantitative estimate of drug-likeness (QED) is 0.822. The van der Waals surface area contributed by atoms with Crippen LogP contribution in [0.1, 0.15) is 23.7 Å². The number of rotatable bonds is 5. The van der Waals surface area contributed by atoms with Gasteiger partial charge in [-0.05, 0) is 37.8 Å². The minimum Gasteiger partial charge on any atom is -0.352 e. The molecule has 0 spiro atoms. The molecule has 0 heterocycles. The van der Waals surface area contributed by atoms with Crippen LogP contribution in [0, 0.1) is 0 Å². The third kappa shape index (κ3) is 5.48. The molecule has 6 heteroatoms. The zero-order valence-corrected chi connectivity index (χ0v) is 12.8. The van der Waals surface area contributed by atoms with Gasteiger partial charge in [0, 0.05) is 17.5 Å². The first kappa shape index (κ1) is 17.6. The molecule has 0 aliphatic rings. The van der Waals surface area contributed by atoms with Crippen LogP contribution in [0.2, 0.25) is 5.02 Å². The highest BCUT2D eigenvalue weighted by molar-refractivity contribution is 7.98. The number of hydrogen-bond donors (Lipinski definition) is 2. The van der Waals surface area contributed by atoms with E-state index >= 15 is 0 Å². The lowest BCUT2D eigenvalue weighted by Crippen LogP contribution is -2.29. The lowest BCUT2D eigenvalue weighted by molar-refractivity contribution is 0.0952. The summed E-state index contributed by atoms with van der Waals surface area (Å²) in [5.41, 5.74) is 6.13. The Morgan fingerprint density at radius 1 is 1.56 bits per heavy atom. The van der Waals surface area contributed by atoms with E-state index < -0.39 is 0 Å². The second-order valence-electron chi connectivity index (χ2n) is 3.87. The normalized spacial score (nSPS) is 11.6. The van der Waals surface area contributed by atoms with Crippen LogP contribution in [0.4, 0.5) is 0 Å². The Bertz CT molecular complexity index is 400. The first-order valence-electron chi connectivity index (χ1n) is 5.42. The van der Waals surface area contributed by atoms with Crippen molar-refractivity contribution >= 4 is 41.7 Å². The molecular weight excluding hydrogens is 291 g/mol. The molecule has 0 fully saturated rings. The molecule has 18 heavy (non-hydrogen) atoms. The van der Waals surface area contributed by atoms with Gasteiger partial charge in [-0.25, -0.2) is 0 Å². The van der Waals surface area contributed by atoms with Gasteiger partial charge in [-0.2, -0.15) is 0 Å². The predicted octanol–water partition coefficient (Wildman–Crippen LogP) is 2.95. The number of thioether (sulfide) groups is 1. The van der Waals surface area contributed by atoms with Crippen LogP contribution in [0.3, 0.4) is 0 Å². The highest BCUT2D eigenvalue weighted by Crippen LogP contribution is 2.22. The second kappa shape index (κ2) is 8.64. The molecule has 0 saturated heterocycles. The van der Waals surface area contributed by atoms with Gasteiger partial charge in [0.15, 0.2) is 0 Å². The fraction of sp³-hybridized carbons (Fsp3) is 0.417. The lowest BCUT2D eigenvalue weighted by Gasteiger charge is -2.09. The Hall–Kier alpha value is -0.420. The Balaban J connectivity index is 0.00000289. The number of carbonyl (C=O) groups excluding carboxylic acids is 1. The second-order valence-corrected chi connectivity index (χ2v) is 5.15. The molecule has 0 radical (unpaired) electrons. The number of nitrogens with one attached hydrogen (secondary N) is 1. The molecule has 0 aromatic heterocycles. The van der Waals surface area contributed by atoms with E-state index in [1.54, 1.807) is 23.9 Å². The molecule has 3 nitrogen and oxygen atoms in total. The Labute approximate surface area is 123 Å². The van der Waals surface area contributed by atoms with E-state index in [1.165, 1.54) is 0 Å². The van der Waals surface area contributed by atoms with Crippen molar-refractivity contribution in [1.82, 2.24) is 5.32 Å². The number of carbonyl (C=O) groups is 1. The molecule has 1 unspecified atom stereocenters. The average Bonchev–Trinajstić information content (AvgIpc) is 2.29. The summed E-state index contributed by atoms with van der Waals surface area (Å²) < 4.78 is 0. The van der Waals surface area contributed by atoms with Crippen molar-refractivity contribution in [2.45, 2.75) is 24.3 Å². The lowest BCUT2D eigenvalue weighted by atomic mass is 10.2. The molecule has 1 amide bonds. The number of hydrogen-bond acceptors (Lipinski definition) is 3. The van der Waals surface area contributed by atoms with E-state index in [1.807, 2.05) is 19.2 Å².